The summed E-state index contributed by atoms with van der Waals surface area (Å²) < 4.78 is 0. The Balaban J connectivity index is 1.82. The van der Waals surface area contributed by atoms with Crippen molar-refractivity contribution in [2.75, 3.05) is 24.5 Å². The van der Waals surface area contributed by atoms with Crippen LogP contribution in [0.2, 0.25) is 5.02 Å². The van der Waals surface area contributed by atoms with Crippen molar-refractivity contribution >= 4 is 17.3 Å². The largest absolute Gasteiger partial charge is 0.365 e. The summed E-state index contributed by atoms with van der Waals surface area (Å²) >= 11 is 6.54. The molecule has 2 saturated heterocycles. The maximum absolute atomic E-state index is 6.54. The Morgan fingerprint density at radius 1 is 1.29 bits per heavy atom. The van der Waals surface area contributed by atoms with Crippen LogP contribution in [0.4, 0.5) is 5.69 Å². The molecule has 0 spiro atoms. The summed E-state index contributed by atoms with van der Waals surface area (Å²) in [6.45, 7) is 7.81. The standard InChI is InChI=1S/C17H26ClN3/c1-12-10-20-8-4-3-5-15(20)11-21(12)17-7-6-14(13(2)19)9-16(17)18/h6-7,9,12-13,15H,3-5,8,10-11,19H2,1-2H3/t12?,13-,15?/m1/s1. The molecule has 0 saturated carbocycles. The molecule has 3 nitrogen and oxygen atoms in total. The fourth-order valence-electron chi connectivity index (χ4n) is 3.73. The zero-order valence-electron chi connectivity index (χ0n) is 13.1. The van der Waals surface area contributed by atoms with Crippen molar-refractivity contribution in [1.82, 2.24) is 4.90 Å². The molecule has 0 aliphatic carbocycles. The molecule has 0 amide bonds. The SMILES string of the molecule is CC1CN2CCCCC2CN1c1ccc([C@@H](C)N)cc1Cl. The van der Waals surface area contributed by atoms with E-state index in [-0.39, 0.29) is 6.04 Å². The lowest BCUT2D eigenvalue weighted by molar-refractivity contribution is 0.115. The molecule has 116 valence electrons. The molecule has 21 heavy (non-hydrogen) atoms. The lowest BCUT2D eigenvalue weighted by atomic mass is 9.96. The normalized spacial score (nSPS) is 28.3. The van der Waals surface area contributed by atoms with Gasteiger partial charge < -0.3 is 10.6 Å². The molecule has 0 radical (unpaired) electrons. The lowest BCUT2D eigenvalue weighted by Gasteiger charge is -2.48. The van der Waals surface area contributed by atoms with E-state index in [0.29, 0.717) is 12.1 Å². The van der Waals surface area contributed by atoms with Gasteiger partial charge in [0.2, 0.25) is 0 Å². The predicted molar refractivity (Wildman–Crippen MR) is 90.1 cm³/mol. The maximum Gasteiger partial charge on any atom is 0.0643 e. The van der Waals surface area contributed by atoms with Crippen LogP contribution in [0.5, 0.6) is 0 Å². The predicted octanol–water partition coefficient (Wildman–Crippen LogP) is 3.42. The number of piperazine rings is 1. The number of piperidine rings is 1. The topological polar surface area (TPSA) is 32.5 Å². The average molecular weight is 308 g/mol. The van der Waals surface area contributed by atoms with E-state index in [4.69, 9.17) is 17.3 Å². The van der Waals surface area contributed by atoms with Crippen LogP contribution in [0.25, 0.3) is 0 Å². The number of rotatable bonds is 2. The number of nitrogens with two attached hydrogens (primary N) is 1. The van der Waals surface area contributed by atoms with Gasteiger partial charge in [-0.15, -0.1) is 0 Å². The fourth-order valence-corrected chi connectivity index (χ4v) is 4.02. The van der Waals surface area contributed by atoms with Gasteiger partial charge in [-0.25, -0.2) is 0 Å². The minimum atomic E-state index is 0.0316. The zero-order chi connectivity index (χ0) is 15.0. The Bertz CT molecular complexity index is 503. The van der Waals surface area contributed by atoms with Gasteiger partial charge in [-0.1, -0.05) is 24.1 Å². The second-order valence-corrected chi connectivity index (χ2v) is 7.05. The number of halogens is 1. The van der Waals surface area contributed by atoms with Crippen LogP contribution in [-0.2, 0) is 0 Å². The molecule has 2 heterocycles. The molecule has 2 aliphatic heterocycles. The highest BCUT2D eigenvalue weighted by atomic mass is 35.5. The second-order valence-electron chi connectivity index (χ2n) is 6.65. The first-order valence-electron chi connectivity index (χ1n) is 8.12. The Labute approximate surface area is 133 Å². The van der Waals surface area contributed by atoms with Gasteiger partial charge in [0.25, 0.3) is 0 Å². The summed E-state index contributed by atoms with van der Waals surface area (Å²) in [7, 11) is 0. The van der Waals surface area contributed by atoms with Gasteiger partial charge in [-0.3, -0.25) is 4.90 Å². The van der Waals surface area contributed by atoms with Crippen LogP contribution >= 0.6 is 11.6 Å². The van der Waals surface area contributed by atoms with E-state index >= 15 is 0 Å². The van der Waals surface area contributed by atoms with Crippen molar-refractivity contribution in [3.63, 3.8) is 0 Å². The minimum Gasteiger partial charge on any atom is -0.365 e. The quantitative estimate of drug-likeness (QED) is 0.908. The third-order valence-electron chi connectivity index (χ3n) is 4.99. The number of benzene rings is 1. The van der Waals surface area contributed by atoms with E-state index < -0.39 is 0 Å². The van der Waals surface area contributed by atoms with Crippen LogP contribution < -0.4 is 10.6 Å². The summed E-state index contributed by atoms with van der Waals surface area (Å²) in [5, 5.41) is 0.834. The Kier molecular flexibility index (Phi) is 4.43. The van der Waals surface area contributed by atoms with Gasteiger partial charge in [0, 0.05) is 31.2 Å². The number of fused-ring (bicyclic) bond motifs is 1. The van der Waals surface area contributed by atoms with E-state index in [9.17, 15) is 0 Å². The molecule has 1 aromatic rings. The van der Waals surface area contributed by atoms with Crippen molar-refractivity contribution in [3.8, 4) is 0 Å². The Morgan fingerprint density at radius 2 is 2.10 bits per heavy atom. The van der Waals surface area contributed by atoms with Crippen molar-refractivity contribution in [2.45, 2.75) is 51.2 Å². The smallest absolute Gasteiger partial charge is 0.0643 e. The number of hydrogen-bond acceptors (Lipinski definition) is 3. The highest BCUT2D eigenvalue weighted by Crippen LogP contribution is 2.33. The molecular weight excluding hydrogens is 282 g/mol. The molecule has 2 fully saturated rings. The van der Waals surface area contributed by atoms with Crippen LogP contribution in [0, 0.1) is 0 Å². The van der Waals surface area contributed by atoms with Crippen LogP contribution in [0.1, 0.15) is 44.7 Å². The third kappa shape index (κ3) is 3.05. The first kappa shape index (κ1) is 15.1. The molecule has 2 aliphatic rings. The first-order chi connectivity index (χ1) is 10.1. The van der Waals surface area contributed by atoms with Crippen LogP contribution in [0.15, 0.2) is 18.2 Å². The van der Waals surface area contributed by atoms with Crippen LogP contribution in [0.3, 0.4) is 0 Å². The Hall–Kier alpha value is -0.770. The lowest BCUT2D eigenvalue weighted by Crippen LogP contribution is -2.58. The Morgan fingerprint density at radius 3 is 2.81 bits per heavy atom. The summed E-state index contributed by atoms with van der Waals surface area (Å²) in [5.74, 6) is 0. The average Bonchev–Trinajstić information content (AvgIpc) is 2.46. The summed E-state index contributed by atoms with van der Waals surface area (Å²) in [6, 6.07) is 7.53. The van der Waals surface area contributed by atoms with Gasteiger partial charge >= 0.3 is 0 Å². The highest BCUT2D eigenvalue weighted by molar-refractivity contribution is 6.33. The monoisotopic (exact) mass is 307 g/mol. The van der Waals surface area contributed by atoms with Crippen molar-refractivity contribution in [1.29, 1.82) is 0 Å². The molecule has 2 unspecified atom stereocenters. The number of anilines is 1. The molecule has 0 bridgehead atoms. The van der Waals surface area contributed by atoms with Crippen LogP contribution in [-0.4, -0.2) is 36.6 Å². The molecule has 3 atom stereocenters. The van der Waals surface area contributed by atoms with E-state index in [1.807, 2.05) is 13.0 Å². The van der Waals surface area contributed by atoms with E-state index in [1.165, 1.54) is 31.5 Å². The molecule has 2 N–H and O–H groups in total. The number of nitrogens with zero attached hydrogens (tertiary/aromatic N) is 2. The fraction of sp³-hybridized carbons (Fsp3) is 0.647. The summed E-state index contributed by atoms with van der Waals surface area (Å²) in [6.07, 6.45) is 4.03. The minimum absolute atomic E-state index is 0.0316. The number of hydrogen-bond donors (Lipinski definition) is 1. The highest BCUT2D eigenvalue weighted by Gasteiger charge is 2.33. The van der Waals surface area contributed by atoms with Crippen molar-refractivity contribution in [3.05, 3.63) is 28.8 Å². The molecule has 3 rings (SSSR count). The molecular formula is C17H26ClN3. The second kappa shape index (κ2) is 6.15. The van der Waals surface area contributed by atoms with Gasteiger partial charge in [0.1, 0.15) is 0 Å². The van der Waals surface area contributed by atoms with Crippen molar-refractivity contribution < 1.29 is 0 Å². The summed E-state index contributed by atoms with van der Waals surface area (Å²) in [5.41, 5.74) is 8.22. The van der Waals surface area contributed by atoms with Crippen molar-refractivity contribution in [2.24, 2.45) is 5.73 Å². The van der Waals surface area contributed by atoms with Gasteiger partial charge in [0.15, 0.2) is 0 Å². The van der Waals surface area contributed by atoms with E-state index in [2.05, 4.69) is 28.9 Å². The summed E-state index contributed by atoms with van der Waals surface area (Å²) in [4.78, 5) is 5.15. The zero-order valence-corrected chi connectivity index (χ0v) is 13.8. The van der Waals surface area contributed by atoms with Gasteiger partial charge in [0.05, 0.1) is 10.7 Å². The molecule has 4 heteroatoms. The van der Waals surface area contributed by atoms with E-state index in [0.717, 1.165) is 23.7 Å². The maximum atomic E-state index is 6.54. The van der Waals surface area contributed by atoms with Gasteiger partial charge in [-0.05, 0) is 50.9 Å². The first-order valence-corrected chi connectivity index (χ1v) is 8.50. The molecule has 1 aromatic carbocycles. The van der Waals surface area contributed by atoms with Gasteiger partial charge in [-0.2, -0.15) is 0 Å². The molecule has 0 aromatic heterocycles. The van der Waals surface area contributed by atoms with E-state index in [1.54, 1.807) is 0 Å². The third-order valence-corrected chi connectivity index (χ3v) is 5.30.